The normalized spacial score (nSPS) is 12.9. The first kappa shape index (κ1) is 19.4. The lowest BCUT2D eigenvalue weighted by Gasteiger charge is -2.29. The van der Waals surface area contributed by atoms with Gasteiger partial charge in [-0.2, -0.15) is 0 Å². The zero-order valence-corrected chi connectivity index (χ0v) is 17.1. The first-order valence-electron chi connectivity index (χ1n) is 9.25. The van der Waals surface area contributed by atoms with Crippen LogP contribution in [0.25, 0.3) is 0 Å². The maximum atomic E-state index is 12.8. The van der Waals surface area contributed by atoms with Crippen LogP contribution < -0.4 is 15.5 Å². The third-order valence-electron chi connectivity index (χ3n) is 4.60. The number of anilines is 3. The molecule has 0 aliphatic carbocycles. The van der Waals surface area contributed by atoms with Gasteiger partial charge in [-0.3, -0.25) is 10.1 Å². The smallest absolute Gasteiger partial charge is 0.312 e. The summed E-state index contributed by atoms with van der Waals surface area (Å²) in [7, 11) is 0. The summed E-state index contributed by atoms with van der Waals surface area (Å²) in [6.45, 7) is 0.715. The van der Waals surface area contributed by atoms with E-state index in [0.29, 0.717) is 28.1 Å². The number of nitrogens with zero attached hydrogens (tertiary/aromatic N) is 2. The van der Waals surface area contributed by atoms with Crippen molar-refractivity contribution in [3.63, 3.8) is 0 Å². The molecule has 0 atom stereocenters. The molecule has 2 aromatic carbocycles. The third-order valence-corrected chi connectivity index (χ3v) is 5.64. The molecule has 6 nitrogen and oxygen atoms in total. The zero-order valence-electron chi connectivity index (χ0n) is 15.5. The topological polar surface area (TPSA) is 74.3 Å². The number of aromatic nitrogens is 1. The van der Waals surface area contributed by atoms with Crippen LogP contribution in [0.3, 0.4) is 0 Å². The summed E-state index contributed by atoms with van der Waals surface area (Å²) < 4.78 is 0. The number of aryl methyl sites for hydroxylation is 1. The van der Waals surface area contributed by atoms with E-state index in [9.17, 15) is 9.59 Å². The number of amides is 3. The maximum Gasteiger partial charge on any atom is 0.325 e. The van der Waals surface area contributed by atoms with E-state index in [0.717, 1.165) is 18.5 Å². The standard InChI is InChI=1S/C21H19ClN4O2S/c22-15-7-3-8-16(11-15)23-20(28)25-21-24-17(13-29-21)12-19(27)26-10-4-6-14-5-1-2-9-18(14)26/h1-3,5,7-9,11,13H,4,6,10,12H2,(H2,23,24,25,28). The molecule has 0 radical (unpaired) electrons. The zero-order chi connectivity index (χ0) is 20.2. The number of urea groups is 1. The Morgan fingerprint density at radius 3 is 2.86 bits per heavy atom. The van der Waals surface area contributed by atoms with E-state index in [-0.39, 0.29) is 12.3 Å². The van der Waals surface area contributed by atoms with Crippen LogP contribution in [0.1, 0.15) is 17.7 Å². The molecule has 3 amide bonds. The van der Waals surface area contributed by atoms with Crippen LogP contribution in [0, 0.1) is 0 Å². The fourth-order valence-corrected chi connectivity index (χ4v) is 4.21. The Balaban J connectivity index is 1.37. The third kappa shape index (κ3) is 4.75. The van der Waals surface area contributed by atoms with Gasteiger partial charge in [-0.1, -0.05) is 35.9 Å². The number of hydrogen-bond donors (Lipinski definition) is 2. The van der Waals surface area contributed by atoms with Crippen molar-refractivity contribution in [1.29, 1.82) is 0 Å². The van der Waals surface area contributed by atoms with Crippen LogP contribution in [0.2, 0.25) is 5.02 Å². The van der Waals surface area contributed by atoms with E-state index in [1.807, 2.05) is 23.1 Å². The number of hydrogen-bond acceptors (Lipinski definition) is 4. The fraction of sp³-hybridized carbons (Fsp3) is 0.190. The largest absolute Gasteiger partial charge is 0.325 e. The van der Waals surface area contributed by atoms with Crippen molar-refractivity contribution in [1.82, 2.24) is 4.98 Å². The van der Waals surface area contributed by atoms with Gasteiger partial charge in [0, 0.05) is 28.3 Å². The molecular formula is C21H19ClN4O2S. The molecule has 0 fully saturated rings. The number of nitrogens with one attached hydrogen (secondary N) is 2. The lowest BCUT2D eigenvalue weighted by atomic mass is 10.0. The number of benzene rings is 2. The Morgan fingerprint density at radius 2 is 2.00 bits per heavy atom. The van der Waals surface area contributed by atoms with Gasteiger partial charge in [0.1, 0.15) is 0 Å². The van der Waals surface area contributed by atoms with Crippen molar-refractivity contribution < 1.29 is 9.59 Å². The number of rotatable bonds is 4. The lowest BCUT2D eigenvalue weighted by molar-refractivity contribution is -0.118. The minimum atomic E-state index is -0.413. The summed E-state index contributed by atoms with van der Waals surface area (Å²) in [5, 5.41) is 8.16. The number of carbonyl (C=O) groups excluding carboxylic acids is 2. The van der Waals surface area contributed by atoms with Crippen molar-refractivity contribution in [2.45, 2.75) is 19.3 Å². The van der Waals surface area contributed by atoms with Gasteiger partial charge in [0.2, 0.25) is 5.91 Å². The van der Waals surface area contributed by atoms with Crippen molar-refractivity contribution in [3.8, 4) is 0 Å². The highest BCUT2D eigenvalue weighted by Gasteiger charge is 2.23. The van der Waals surface area contributed by atoms with E-state index in [4.69, 9.17) is 11.6 Å². The summed E-state index contributed by atoms with van der Waals surface area (Å²) in [5.41, 5.74) is 3.41. The summed E-state index contributed by atoms with van der Waals surface area (Å²) in [5.74, 6) is 0.0115. The van der Waals surface area contributed by atoms with Gasteiger partial charge in [0.05, 0.1) is 12.1 Å². The minimum Gasteiger partial charge on any atom is -0.312 e. The van der Waals surface area contributed by atoms with Crippen LogP contribution >= 0.6 is 22.9 Å². The van der Waals surface area contributed by atoms with Crippen molar-refractivity contribution >= 4 is 51.4 Å². The molecule has 1 aromatic heterocycles. The Hall–Kier alpha value is -2.90. The van der Waals surface area contributed by atoms with Crippen molar-refractivity contribution in [2.24, 2.45) is 0 Å². The van der Waals surface area contributed by atoms with Crippen molar-refractivity contribution in [2.75, 3.05) is 22.1 Å². The quantitative estimate of drug-likeness (QED) is 0.619. The van der Waals surface area contributed by atoms with Crippen LogP contribution in [-0.4, -0.2) is 23.5 Å². The van der Waals surface area contributed by atoms with Crippen LogP contribution in [-0.2, 0) is 17.6 Å². The Morgan fingerprint density at radius 1 is 1.14 bits per heavy atom. The van der Waals surface area contributed by atoms with Crippen LogP contribution in [0.5, 0.6) is 0 Å². The summed E-state index contributed by atoms with van der Waals surface area (Å²) in [6.07, 6.45) is 2.14. The number of para-hydroxylation sites is 1. The van der Waals surface area contributed by atoms with Gasteiger partial charge >= 0.3 is 6.03 Å². The van der Waals surface area contributed by atoms with E-state index in [1.165, 1.54) is 16.9 Å². The van der Waals surface area contributed by atoms with E-state index in [2.05, 4.69) is 21.7 Å². The van der Waals surface area contributed by atoms with Gasteiger partial charge in [-0.05, 0) is 42.7 Å². The minimum absolute atomic E-state index is 0.0115. The second-order valence-electron chi connectivity index (χ2n) is 6.69. The lowest BCUT2D eigenvalue weighted by Crippen LogP contribution is -2.36. The van der Waals surface area contributed by atoms with Gasteiger partial charge in [0.25, 0.3) is 0 Å². The summed E-state index contributed by atoms with van der Waals surface area (Å²) in [6, 6.07) is 14.5. The number of carbonyl (C=O) groups is 2. The molecule has 148 valence electrons. The molecule has 8 heteroatoms. The second kappa shape index (κ2) is 8.63. The van der Waals surface area contributed by atoms with E-state index in [1.54, 1.807) is 29.6 Å². The number of fused-ring (bicyclic) bond motifs is 1. The molecule has 0 saturated heterocycles. The monoisotopic (exact) mass is 426 g/mol. The molecule has 2 N–H and O–H groups in total. The Kier molecular flexibility index (Phi) is 5.78. The molecule has 2 heterocycles. The number of halogens is 1. The van der Waals surface area contributed by atoms with Crippen LogP contribution in [0.4, 0.5) is 21.3 Å². The number of thiazole rings is 1. The molecule has 1 aliphatic rings. The molecule has 29 heavy (non-hydrogen) atoms. The van der Waals surface area contributed by atoms with Gasteiger partial charge in [-0.25, -0.2) is 9.78 Å². The predicted molar refractivity (Wildman–Crippen MR) is 117 cm³/mol. The van der Waals surface area contributed by atoms with Crippen LogP contribution in [0.15, 0.2) is 53.9 Å². The first-order chi connectivity index (χ1) is 14.1. The van der Waals surface area contributed by atoms with Gasteiger partial charge in [-0.15, -0.1) is 11.3 Å². The summed E-state index contributed by atoms with van der Waals surface area (Å²) in [4.78, 5) is 31.2. The van der Waals surface area contributed by atoms with E-state index >= 15 is 0 Å². The van der Waals surface area contributed by atoms with Gasteiger partial charge < -0.3 is 10.2 Å². The predicted octanol–water partition coefficient (Wildman–Crippen LogP) is 4.96. The SMILES string of the molecule is O=C(Nc1cccc(Cl)c1)Nc1nc(CC(=O)N2CCCc3ccccc32)cs1. The molecule has 3 aromatic rings. The molecule has 1 aliphatic heterocycles. The average molecular weight is 427 g/mol. The highest BCUT2D eigenvalue weighted by atomic mass is 35.5. The Bertz CT molecular complexity index is 1050. The molecule has 0 unspecified atom stereocenters. The molecule has 0 spiro atoms. The second-order valence-corrected chi connectivity index (χ2v) is 7.98. The molecule has 4 rings (SSSR count). The highest BCUT2D eigenvalue weighted by molar-refractivity contribution is 7.14. The first-order valence-corrected chi connectivity index (χ1v) is 10.5. The molecule has 0 bridgehead atoms. The maximum absolute atomic E-state index is 12.8. The Labute approximate surface area is 177 Å². The molecule has 0 saturated carbocycles. The highest BCUT2D eigenvalue weighted by Crippen LogP contribution is 2.27. The van der Waals surface area contributed by atoms with Gasteiger partial charge in [0.15, 0.2) is 5.13 Å². The average Bonchev–Trinajstić information content (AvgIpc) is 3.14. The fourth-order valence-electron chi connectivity index (χ4n) is 3.31. The summed E-state index contributed by atoms with van der Waals surface area (Å²) >= 11 is 7.20. The van der Waals surface area contributed by atoms with E-state index < -0.39 is 6.03 Å². The molecular weight excluding hydrogens is 408 g/mol. The van der Waals surface area contributed by atoms with Crippen molar-refractivity contribution in [3.05, 3.63) is 70.2 Å².